The SMILES string of the molecule is COC(=O)C1CN(C(=O)OC(C)(C)C)c2cccc(OC)c21. The zero-order valence-electron chi connectivity index (χ0n) is 13.5. The van der Waals surface area contributed by atoms with Crippen LogP contribution in [0.3, 0.4) is 0 Å². The van der Waals surface area contributed by atoms with E-state index in [0.717, 1.165) is 0 Å². The Kier molecular flexibility index (Phi) is 4.30. The summed E-state index contributed by atoms with van der Waals surface area (Å²) in [5.74, 6) is -0.431. The van der Waals surface area contributed by atoms with Crippen molar-refractivity contribution in [1.82, 2.24) is 0 Å². The van der Waals surface area contributed by atoms with Crippen LogP contribution >= 0.6 is 0 Å². The predicted molar refractivity (Wildman–Crippen MR) is 81.3 cm³/mol. The highest BCUT2D eigenvalue weighted by Crippen LogP contribution is 2.43. The minimum absolute atomic E-state index is 0.178. The van der Waals surface area contributed by atoms with Gasteiger partial charge in [-0.3, -0.25) is 9.69 Å². The second-order valence-corrected chi connectivity index (χ2v) is 6.06. The third-order valence-electron chi connectivity index (χ3n) is 3.37. The lowest BCUT2D eigenvalue weighted by Gasteiger charge is -2.25. The van der Waals surface area contributed by atoms with Gasteiger partial charge >= 0.3 is 12.1 Å². The van der Waals surface area contributed by atoms with Crippen LogP contribution in [0, 0.1) is 0 Å². The quantitative estimate of drug-likeness (QED) is 0.786. The maximum Gasteiger partial charge on any atom is 0.414 e. The number of methoxy groups -OCH3 is 2. The van der Waals surface area contributed by atoms with Gasteiger partial charge < -0.3 is 14.2 Å². The highest BCUT2D eigenvalue weighted by molar-refractivity contribution is 5.96. The molecule has 1 amide bonds. The van der Waals surface area contributed by atoms with E-state index in [0.29, 0.717) is 17.0 Å². The van der Waals surface area contributed by atoms with Crippen LogP contribution in [0.1, 0.15) is 32.3 Å². The fourth-order valence-electron chi connectivity index (χ4n) is 2.49. The predicted octanol–water partition coefficient (Wildman–Crippen LogP) is 2.71. The summed E-state index contributed by atoms with van der Waals surface area (Å²) in [6, 6.07) is 5.30. The lowest BCUT2D eigenvalue weighted by molar-refractivity contribution is -0.142. The fourth-order valence-corrected chi connectivity index (χ4v) is 2.49. The molecule has 0 bridgehead atoms. The standard InChI is InChI=1S/C16H21NO5/c1-16(2,3)22-15(19)17-9-10(14(18)21-5)13-11(17)7-6-8-12(13)20-4/h6-8,10H,9H2,1-5H3. The Bertz CT molecular complexity index is 591. The van der Waals surface area contributed by atoms with Gasteiger partial charge in [0.2, 0.25) is 0 Å². The Labute approximate surface area is 129 Å². The van der Waals surface area contributed by atoms with Gasteiger partial charge in [0.1, 0.15) is 17.3 Å². The molecule has 1 heterocycles. The fraction of sp³-hybridized carbons (Fsp3) is 0.500. The third kappa shape index (κ3) is 3.00. The Balaban J connectivity index is 2.42. The number of carbonyl (C=O) groups is 2. The molecule has 1 aromatic carbocycles. The van der Waals surface area contributed by atoms with Crippen molar-refractivity contribution in [2.24, 2.45) is 0 Å². The number of fused-ring (bicyclic) bond motifs is 1. The van der Waals surface area contributed by atoms with Gasteiger partial charge in [-0.2, -0.15) is 0 Å². The van der Waals surface area contributed by atoms with E-state index in [9.17, 15) is 9.59 Å². The van der Waals surface area contributed by atoms with Gasteiger partial charge in [-0.25, -0.2) is 4.79 Å². The van der Waals surface area contributed by atoms with Crippen LogP contribution in [0.5, 0.6) is 5.75 Å². The average Bonchev–Trinajstić information content (AvgIpc) is 2.84. The first-order chi connectivity index (χ1) is 10.3. The van der Waals surface area contributed by atoms with Gasteiger partial charge in [-0.05, 0) is 32.9 Å². The number of ether oxygens (including phenoxy) is 3. The van der Waals surface area contributed by atoms with Crippen molar-refractivity contribution < 1.29 is 23.8 Å². The molecule has 1 atom stereocenters. The summed E-state index contributed by atoms with van der Waals surface area (Å²) in [5.41, 5.74) is 0.658. The molecule has 0 saturated heterocycles. The molecule has 1 aliphatic heterocycles. The number of nitrogens with zero attached hydrogens (tertiary/aromatic N) is 1. The first-order valence-electron chi connectivity index (χ1n) is 7.03. The average molecular weight is 307 g/mol. The van der Waals surface area contributed by atoms with Crippen LogP contribution < -0.4 is 9.64 Å². The van der Waals surface area contributed by atoms with Crippen molar-refractivity contribution in [3.63, 3.8) is 0 Å². The lowest BCUT2D eigenvalue weighted by Crippen LogP contribution is -2.37. The van der Waals surface area contributed by atoms with Crippen molar-refractivity contribution in [3.8, 4) is 5.75 Å². The molecule has 120 valence electrons. The van der Waals surface area contributed by atoms with Gasteiger partial charge in [-0.15, -0.1) is 0 Å². The molecule has 0 aromatic heterocycles. The number of carbonyl (C=O) groups excluding carboxylic acids is 2. The van der Waals surface area contributed by atoms with E-state index >= 15 is 0 Å². The molecule has 6 nitrogen and oxygen atoms in total. The number of hydrogen-bond donors (Lipinski definition) is 0. The molecule has 22 heavy (non-hydrogen) atoms. The normalized spacial score (nSPS) is 17.0. The molecular weight excluding hydrogens is 286 g/mol. The number of esters is 1. The van der Waals surface area contributed by atoms with Gasteiger partial charge in [0.25, 0.3) is 0 Å². The van der Waals surface area contributed by atoms with Gasteiger partial charge in [-0.1, -0.05) is 6.07 Å². The van der Waals surface area contributed by atoms with Gasteiger partial charge in [0, 0.05) is 12.1 Å². The topological polar surface area (TPSA) is 65.1 Å². The zero-order valence-corrected chi connectivity index (χ0v) is 13.5. The molecule has 6 heteroatoms. The minimum Gasteiger partial charge on any atom is -0.496 e. The Hall–Kier alpha value is -2.24. The molecule has 1 aliphatic rings. The van der Waals surface area contributed by atoms with E-state index in [-0.39, 0.29) is 6.54 Å². The second-order valence-electron chi connectivity index (χ2n) is 6.06. The van der Waals surface area contributed by atoms with Crippen LogP contribution in [-0.4, -0.2) is 38.4 Å². The molecular formula is C16H21NO5. The number of rotatable bonds is 2. The number of anilines is 1. The van der Waals surface area contributed by atoms with Gasteiger partial charge in [0.05, 0.1) is 19.9 Å². The summed E-state index contributed by atoms with van der Waals surface area (Å²) >= 11 is 0. The van der Waals surface area contributed by atoms with Crippen molar-refractivity contribution in [1.29, 1.82) is 0 Å². The van der Waals surface area contributed by atoms with Crippen LogP contribution in [-0.2, 0) is 14.3 Å². The molecule has 0 saturated carbocycles. The molecule has 1 unspecified atom stereocenters. The summed E-state index contributed by atoms with van der Waals surface area (Å²) in [4.78, 5) is 25.9. The smallest absolute Gasteiger partial charge is 0.414 e. The summed E-state index contributed by atoms with van der Waals surface area (Å²) in [5, 5.41) is 0. The molecule has 0 radical (unpaired) electrons. The Morgan fingerprint density at radius 3 is 2.45 bits per heavy atom. The maximum atomic E-state index is 12.4. The minimum atomic E-state index is -0.612. The summed E-state index contributed by atoms with van der Waals surface area (Å²) in [7, 11) is 2.85. The van der Waals surface area contributed by atoms with Crippen LogP contribution in [0.4, 0.5) is 10.5 Å². The van der Waals surface area contributed by atoms with Crippen molar-refractivity contribution in [2.75, 3.05) is 25.7 Å². The van der Waals surface area contributed by atoms with Gasteiger partial charge in [0.15, 0.2) is 0 Å². The van der Waals surface area contributed by atoms with E-state index in [4.69, 9.17) is 14.2 Å². The largest absolute Gasteiger partial charge is 0.496 e. The van der Waals surface area contributed by atoms with Crippen LogP contribution in [0.2, 0.25) is 0 Å². The van der Waals surface area contributed by atoms with Crippen LogP contribution in [0.25, 0.3) is 0 Å². The highest BCUT2D eigenvalue weighted by atomic mass is 16.6. The lowest BCUT2D eigenvalue weighted by atomic mass is 10.0. The highest BCUT2D eigenvalue weighted by Gasteiger charge is 2.41. The Morgan fingerprint density at radius 1 is 1.23 bits per heavy atom. The van der Waals surface area contributed by atoms with E-state index < -0.39 is 23.6 Å². The first-order valence-corrected chi connectivity index (χ1v) is 7.03. The van der Waals surface area contributed by atoms with Crippen LogP contribution in [0.15, 0.2) is 18.2 Å². The molecule has 1 aromatic rings. The first kappa shape index (κ1) is 16.1. The zero-order chi connectivity index (χ0) is 16.5. The monoisotopic (exact) mass is 307 g/mol. The van der Waals surface area contributed by atoms with Crippen molar-refractivity contribution in [2.45, 2.75) is 32.3 Å². The molecule has 0 spiro atoms. The summed E-state index contributed by atoms with van der Waals surface area (Å²) < 4.78 is 15.6. The number of amides is 1. The van der Waals surface area contributed by atoms with E-state index in [2.05, 4.69) is 0 Å². The Morgan fingerprint density at radius 2 is 1.91 bits per heavy atom. The van der Waals surface area contributed by atoms with Crippen molar-refractivity contribution >= 4 is 17.7 Å². The molecule has 0 N–H and O–H groups in total. The van der Waals surface area contributed by atoms with E-state index in [1.807, 2.05) is 0 Å². The van der Waals surface area contributed by atoms with E-state index in [1.165, 1.54) is 19.1 Å². The molecule has 0 aliphatic carbocycles. The summed E-state index contributed by atoms with van der Waals surface area (Å²) in [6.45, 7) is 5.57. The number of benzene rings is 1. The molecule has 2 rings (SSSR count). The maximum absolute atomic E-state index is 12.4. The summed E-state index contributed by atoms with van der Waals surface area (Å²) in [6.07, 6.45) is -0.492. The molecule has 0 fully saturated rings. The van der Waals surface area contributed by atoms with Crippen molar-refractivity contribution in [3.05, 3.63) is 23.8 Å². The number of hydrogen-bond acceptors (Lipinski definition) is 5. The third-order valence-corrected chi connectivity index (χ3v) is 3.37. The second kappa shape index (κ2) is 5.87. The van der Waals surface area contributed by atoms with E-state index in [1.54, 1.807) is 39.0 Å².